The summed E-state index contributed by atoms with van der Waals surface area (Å²) in [5, 5.41) is 8.93. The fourth-order valence-electron chi connectivity index (χ4n) is 1.46. The first-order valence-electron chi connectivity index (χ1n) is 5.16. The van der Waals surface area contributed by atoms with Gasteiger partial charge in [0.15, 0.2) is 0 Å². The molecule has 2 rings (SSSR count). The van der Waals surface area contributed by atoms with Crippen LogP contribution in [0.25, 0.3) is 0 Å². The second-order valence-electron chi connectivity index (χ2n) is 3.49. The van der Waals surface area contributed by atoms with E-state index in [1.54, 1.807) is 12.1 Å². The normalized spacial score (nSPS) is 9.65. The number of para-hydroxylation sites is 1. The molecule has 84 valence electrons. The van der Waals surface area contributed by atoms with Crippen molar-refractivity contribution in [2.45, 2.75) is 6.61 Å². The Morgan fingerprint density at radius 3 is 2.53 bits per heavy atom. The first-order valence-corrected chi connectivity index (χ1v) is 5.96. The van der Waals surface area contributed by atoms with Gasteiger partial charge < -0.3 is 4.74 Å². The zero-order valence-electron chi connectivity index (χ0n) is 9.06. The standard InChI is InChI=1S/C14H10BrNO/c15-13-7-3-1-6-12(13)10-17-14-8-4-2-5-11(14)9-16/h1-8H,10H2. The molecule has 0 amide bonds. The summed E-state index contributed by atoms with van der Waals surface area (Å²) in [5.74, 6) is 0.616. The monoisotopic (exact) mass is 287 g/mol. The molecule has 0 fully saturated rings. The second kappa shape index (κ2) is 5.51. The van der Waals surface area contributed by atoms with E-state index in [1.807, 2.05) is 36.4 Å². The summed E-state index contributed by atoms with van der Waals surface area (Å²) in [6.45, 7) is 0.445. The van der Waals surface area contributed by atoms with Crippen LogP contribution in [0.5, 0.6) is 5.75 Å². The zero-order chi connectivity index (χ0) is 12.1. The molecule has 0 saturated carbocycles. The van der Waals surface area contributed by atoms with Crippen molar-refractivity contribution in [3.05, 3.63) is 64.1 Å². The summed E-state index contributed by atoms with van der Waals surface area (Å²) in [6, 6.07) is 17.2. The van der Waals surface area contributed by atoms with Gasteiger partial charge in [-0.05, 0) is 18.2 Å². The molecule has 2 aromatic carbocycles. The highest BCUT2D eigenvalue weighted by Crippen LogP contribution is 2.21. The summed E-state index contributed by atoms with van der Waals surface area (Å²) in [4.78, 5) is 0. The Morgan fingerprint density at radius 2 is 1.76 bits per heavy atom. The minimum absolute atomic E-state index is 0.445. The number of hydrogen-bond acceptors (Lipinski definition) is 2. The van der Waals surface area contributed by atoms with Crippen molar-refractivity contribution < 1.29 is 4.74 Å². The third-order valence-electron chi connectivity index (χ3n) is 2.35. The van der Waals surface area contributed by atoms with Gasteiger partial charge in [-0.25, -0.2) is 0 Å². The van der Waals surface area contributed by atoms with E-state index in [2.05, 4.69) is 22.0 Å². The average molecular weight is 288 g/mol. The van der Waals surface area contributed by atoms with Gasteiger partial charge >= 0.3 is 0 Å². The van der Waals surface area contributed by atoms with Gasteiger partial charge in [0.25, 0.3) is 0 Å². The largest absolute Gasteiger partial charge is 0.487 e. The van der Waals surface area contributed by atoms with Crippen molar-refractivity contribution in [1.82, 2.24) is 0 Å². The van der Waals surface area contributed by atoms with Crippen LogP contribution in [-0.4, -0.2) is 0 Å². The molecule has 0 aliphatic rings. The fourth-order valence-corrected chi connectivity index (χ4v) is 1.86. The lowest BCUT2D eigenvalue weighted by atomic mass is 10.2. The summed E-state index contributed by atoms with van der Waals surface area (Å²) < 4.78 is 6.65. The Labute approximate surface area is 109 Å². The molecule has 2 nitrogen and oxygen atoms in total. The molecule has 0 saturated heterocycles. The van der Waals surface area contributed by atoms with Gasteiger partial charge in [0.1, 0.15) is 18.4 Å². The van der Waals surface area contributed by atoms with Crippen LogP contribution in [0, 0.1) is 11.3 Å². The molecule has 0 unspecified atom stereocenters. The third-order valence-corrected chi connectivity index (χ3v) is 3.12. The molecule has 0 aromatic heterocycles. The molecular weight excluding hydrogens is 278 g/mol. The van der Waals surface area contributed by atoms with Gasteiger partial charge in [0, 0.05) is 10.0 Å². The highest BCUT2D eigenvalue weighted by molar-refractivity contribution is 9.10. The summed E-state index contributed by atoms with van der Waals surface area (Å²) in [6.07, 6.45) is 0. The van der Waals surface area contributed by atoms with Crippen molar-refractivity contribution >= 4 is 15.9 Å². The van der Waals surface area contributed by atoms with E-state index in [4.69, 9.17) is 10.00 Å². The smallest absolute Gasteiger partial charge is 0.137 e. The second-order valence-corrected chi connectivity index (χ2v) is 4.34. The molecule has 0 atom stereocenters. The molecule has 0 aliphatic carbocycles. The maximum Gasteiger partial charge on any atom is 0.137 e. The average Bonchev–Trinajstić information content (AvgIpc) is 2.38. The van der Waals surface area contributed by atoms with Crippen molar-refractivity contribution in [1.29, 1.82) is 5.26 Å². The van der Waals surface area contributed by atoms with Crippen LogP contribution in [0.2, 0.25) is 0 Å². The lowest BCUT2D eigenvalue weighted by molar-refractivity contribution is 0.304. The molecule has 2 aromatic rings. The number of benzene rings is 2. The maximum atomic E-state index is 8.93. The Balaban J connectivity index is 2.13. The first kappa shape index (κ1) is 11.7. The number of nitriles is 1. The first-order chi connectivity index (χ1) is 8.31. The molecule has 0 heterocycles. The Bertz CT molecular complexity index is 560. The van der Waals surface area contributed by atoms with Crippen molar-refractivity contribution in [3.8, 4) is 11.8 Å². The van der Waals surface area contributed by atoms with Gasteiger partial charge in [0.05, 0.1) is 5.56 Å². The van der Waals surface area contributed by atoms with Crippen LogP contribution < -0.4 is 4.74 Å². The van der Waals surface area contributed by atoms with Gasteiger partial charge in [-0.15, -0.1) is 0 Å². The Kier molecular flexibility index (Phi) is 3.79. The molecule has 17 heavy (non-hydrogen) atoms. The van der Waals surface area contributed by atoms with E-state index in [1.165, 1.54) is 0 Å². The van der Waals surface area contributed by atoms with Crippen LogP contribution in [0.15, 0.2) is 53.0 Å². The van der Waals surface area contributed by atoms with E-state index in [-0.39, 0.29) is 0 Å². The van der Waals surface area contributed by atoms with Gasteiger partial charge in [-0.1, -0.05) is 46.3 Å². The van der Waals surface area contributed by atoms with E-state index in [9.17, 15) is 0 Å². The Hall–Kier alpha value is -1.79. The van der Waals surface area contributed by atoms with Crippen LogP contribution in [0.4, 0.5) is 0 Å². The van der Waals surface area contributed by atoms with Crippen molar-refractivity contribution in [2.24, 2.45) is 0 Å². The minimum Gasteiger partial charge on any atom is -0.487 e. The molecule has 3 heteroatoms. The maximum absolute atomic E-state index is 8.93. The highest BCUT2D eigenvalue weighted by atomic mass is 79.9. The molecule has 0 aliphatic heterocycles. The number of rotatable bonds is 3. The SMILES string of the molecule is N#Cc1ccccc1OCc1ccccc1Br. The Morgan fingerprint density at radius 1 is 1.06 bits per heavy atom. The van der Waals surface area contributed by atoms with Crippen LogP contribution >= 0.6 is 15.9 Å². The molecule has 0 N–H and O–H groups in total. The highest BCUT2D eigenvalue weighted by Gasteiger charge is 2.03. The molecule has 0 radical (unpaired) electrons. The summed E-state index contributed by atoms with van der Waals surface area (Å²) in [7, 11) is 0. The molecular formula is C14H10BrNO. The van der Waals surface area contributed by atoms with Crippen LogP contribution in [0.3, 0.4) is 0 Å². The number of halogens is 1. The predicted octanol–water partition coefficient (Wildman–Crippen LogP) is 3.90. The minimum atomic E-state index is 0.445. The lowest BCUT2D eigenvalue weighted by Crippen LogP contribution is -1.97. The van der Waals surface area contributed by atoms with Crippen LogP contribution in [-0.2, 0) is 6.61 Å². The molecule has 0 bridgehead atoms. The van der Waals surface area contributed by atoms with Gasteiger partial charge in [-0.3, -0.25) is 0 Å². The van der Waals surface area contributed by atoms with Crippen molar-refractivity contribution in [3.63, 3.8) is 0 Å². The van der Waals surface area contributed by atoms with E-state index >= 15 is 0 Å². The molecule has 0 spiro atoms. The van der Waals surface area contributed by atoms with Crippen LogP contribution in [0.1, 0.15) is 11.1 Å². The third kappa shape index (κ3) is 2.86. The van der Waals surface area contributed by atoms with Gasteiger partial charge in [0.2, 0.25) is 0 Å². The number of hydrogen-bond donors (Lipinski definition) is 0. The summed E-state index contributed by atoms with van der Waals surface area (Å²) in [5.41, 5.74) is 1.61. The van der Waals surface area contributed by atoms with Crippen molar-refractivity contribution in [2.75, 3.05) is 0 Å². The number of nitrogens with zero attached hydrogens (tertiary/aromatic N) is 1. The zero-order valence-corrected chi connectivity index (χ0v) is 10.6. The number of ether oxygens (including phenoxy) is 1. The van der Waals surface area contributed by atoms with E-state index in [0.717, 1.165) is 10.0 Å². The summed E-state index contributed by atoms with van der Waals surface area (Å²) >= 11 is 3.46. The van der Waals surface area contributed by atoms with E-state index < -0.39 is 0 Å². The van der Waals surface area contributed by atoms with E-state index in [0.29, 0.717) is 17.9 Å². The fraction of sp³-hybridized carbons (Fsp3) is 0.0714. The quantitative estimate of drug-likeness (QED) is 0.858. The predicted molar refractivity (Wildman–Crippen MR) is 69.6 cm³/mol. The topological polar surface area (TPSA) is 33.0 Å². The lowest BCUT2D eigenvalue weighted by Gasteiger charge is -2.08. The van der Waals surface area contributed by atoms with Gasteiger partial charge in [-0.2, -0.15) is 5.26 Å².